The zero-order valence-electron chi connectivity index (χ0n) is 11.6. The lowest BCUT2D eigenvalue weighted by atomic mass is 10.0. The molecule has 2 aliphatic heterocycles. The van der Waals surface area contributed by atoms with Crippen LogP contribution in [0.5, 0.6) is 11.5 Å². The number of likely N-dealkylation sites (tertiary alicyclic amines) is 1. The van der Waals surface area contributed by atoms with Crippen LogP contribution in [0.15, 0.2) is 18.2 Å². The van der Waals surface area contributed by atoms with E-state index in [9.17, 15) is 0 Å². The molecule has 0 amide bonds. The minimum atomic E-state index is 0.333. The molecular weight excluding hydrogens is 252 g/mol. The molecule has 0 bridgehead atoms. The smallest absolute Gasteiger partial charge is 0.231 e. The van der Waals surface area contributed by atoms with Crippen LogP contribution in [0.25, 0.3) is 0 Å². The van der Waals surface area contributed by atoms with E-state index in [0.29, 0.717) is 12.8 Å². The second kappa shape index (κ2) is 6.17. The Kier molecular flexibility index (Phi) is 4.10. The minimum absolute atomic E-state index is 0.333. The van der Waals surface area contributed by atoms with Gasteiger partial charge in [-0.05, 0) is 30.5 Å². The van der Waals surface area contributed by atoms with Gasteiger partial charge in [0.1, 0.15) is 0 Å². The first-order chi connectivity index (χ1) is 9.85. The Hall–Kier alpha value is -1.70. The predicted molar refractivity (Wildman–Crippen MR) is 77.7 cm³/mol. The highest BCUT2D eigenvalue weighted by atomic mass is 16.7. The number of benzene rings is 1. The number of hydrogen-bond acceptors (Lipinski definition) is 4. The van der Waals surface area contributed by atoms with E-state index in [1.54, 1.807) is 0 Å². The summed E-state index contributed by atoms with van der Waals surface area (Å²) >= 11 is 0. The summed E-state index contributed by atoms with van der Waals surface area (Å²) in [5.74, 6) is 4.41. The highest BCUT2D eigenvalue weighted by Gasteiger charge is 2.18. The van der Waals surface area contributed by atoms with Crippen LogP contribution in [-0.4, -0.2) is 37.4 Å². The molecule has 0 atom stereocenters. The highest BCUT2D eigenvalue weighted by Crippen LogP contribution is 2.32. The fourth-order valence-electron chi connectivity index (χ4n) is 2.74. The van der Waals surface area contributed by atoms with E-state index in [2.05, 4.69) is 28.3 Å². The molecule has 0 radical (unpaired) electrons. The molecule has 2 aliphatic rings. The van der Waals surface area contributed by atoms with Crippen LogP contribution in [0, 0.1) is 12.3 Å². The Morgan fingerprint density at radius 2 is 2.05 bits per heavy atom. The van der Waals surface area contributed by atoms with Crippen LogP contribution in [0.1, 0.15) is 18.4 Å². The first-order valence-corrected chi connectivity index (χ1v) is 7.13. The maximum Gasteiger partial charge on any atom is 0.231 e. The van der Waals surface area contributed by atoms with Gasteiger partial charge in [-0.1, -0.05) is 12.0 Å². The van der Waals surface area contributed by atoms with Crippen molar-refractivity contribution in [1.29, 1.82) is 0 Å². The molecule has 0 aliphatic carbocycles. The average molecular weight is 272 g/mol. The zero-order chi connectivity index (χ0) is 13.8. The van der Waals surface area contributed by atoms with E-state index in [1.165, 1.54) is 5.56 Å². The molecule has 0 unspecified atom stereocenters. The lowest BCUT2D eigenvalue weighted by Crippen LogP contribution is -2.42. The van der Waals surface area contributed by atoms with Crippen molar-refractivity contribution in [2.45, 2.75) is 25.4 Å². The van der Waals surface area contributed by atoms with Gasteiger partial charge in [0.25, 0.3) is 0 Å². The summed E-state index contributed by atoms with van der Waals surface area (Å²) in [7, 11) is 0. The fourth-order valence-corrected chi connectivity index (χ4v) is 2.74. The van der Waals surface area contributed by atoms with Gasteiger partial charge in [0, 0.05) is 25.7 Å². The normalized spacial score (nSPS) is 18.9. The number of nitrogens with zero attached hydrogens (tertiary/aromatic N) is 1. The molecule has 1 aromatic rings. The van der Waals surface area contributed by atoms with Gasteiger partial charge in [-0.2, -0.15) is 0 Å². The van der Waals surface area contributed by atoms with Crippen molar-refractivity contribution in [3.63, 3.8) is 0 Å². The Bertz CT molecular complexity index is 502. The molecule has 1 aromatic carbocycles. The van der Waals surface area contributed by atoms with Gasteiger partial charge in [0.2, 0.25) is 6.79 Å². The van der Waals surface area contributed by atoms with E-state index in [1.807, 2.05) is 6.07 Å². The van der Waals surface area contributed by atoms with E-state index < -0.39 is 0 Å². The predicted octanol–water partition coefficient (Wildman–Crippen LogP) is 1.60. The van der Waals surface area contributed by atoms with Crippen molar-refractivity contribution in [3.05, 3.63) is 23.8 Å². The van der Waals surface area contributed by atoms with Crippen LogP contribution >= 0.6 is 0 Å². The number of rotatable bonds is 4. The molecule has 4 nitrogen and oxygen atoms in total. The maximum atomic E-state index is 5.40. The van der Waals surface area contributed by atoms with Crippen LogP contribution in [-0.2, 0) is 6.54 Å². The first kappa shape index (κ1) is 13.3. The zero-order valence-corrected chi connectivity index (χ0v) is 11.6. The molecule has 1 N–H and O–H groups in total. The van der Waals surface area contributed by atoms with E-state index in [0.717, 1.165) is 50.5 Å². The van der Waals surface area contributed by atoms with E-state index >= 15 is 0 Å². The van der Waals surface area contributed by atoms with Crippen molar-refractivity contribution in [2.75, 3.05) is 26.4 Å². The molecule has 3 rings (SSSR count). The largest absolute Gasteiger partial charge is 0.454 e. The second-order valence-electron chi connectivity index (χ2n) is 5.32. The van der Waals surface area contributed by atoms with Crippen LogP contribution in [0.3, 0.4) is 0 Å². The van der Waals surface area contributed by atoms with Crippen LogP contribution in [0.4, 0.5) is 0 Å². The van der Waals surface area contributed by atoms with Gasteiger partial charge < -0.3 is 14.8 Å². The number of ether oxygens (including phenoxy) is 2. The second-order valence-corrected chi connectivity index (χ2v) is 5.32. The summed E-state index contributed by atoms with van der Waals surface area (Å²) in [6.45, 7) is 4.15. The summed E-state index contributed by atoms with van der Waals surface area (Å²) in [5, 5.41) is 3.62. The van der Waals surface area contributed by atoms with Gasteiger partial charge in [-0.25, -0.2) is 0 Å². The molecule has 1 fully saturated rings. The van der Waals surface area contributed by atoms with Crippen molar-refractivity contribution in [1.82, 2.24) is 10.2 Å². The van der Waals surface area contributed by atoms with Gasteiger partial charge in [0.15, 0.2) is 11.5 Å². The monoisotopic (exact) mass is 272 g/mol. The first-order valence-electron chi connectivity index (χ1n) is 7.13. The highest BCUT2D eigenvalue weighted by molar-refractivity contribution is 5.44. The molecule has 0 saturated carbocycles. The number of nitrogens with one attached hydrogen (secondary N) is 1. The topological polar surface area (TPSA) is 33.7 Å². The molecule has 20 heavy (non-hydrogen) atoms. The van der Waals surface area contributed by atoms with Crippen LogP contribution in [0.2, 0.25) is 0 Å². The summed E-state index contributed by atoms with van der Waals surface area (Å²) in [4.78, 5) is 2.33. The van der Waals surface area contributed by atoms with Crippen molar-refractivity contribution in [3.8, 4) is 23.8 Å². The van der Waals surface area contributed by atoms with E-state index in [-0.39, 0.29) is 0 Å². The lowest BCUT2D eigenvalue weighted by Gasteiger charge is -2.31. The Morgan fingerprint density at radius 1 is 1.25 bits per heavy atom. The van der Waals surface area contributed by atoms with Gasteiger partial charge in [-0.3, -0.25) is 4.90 Å². The van der Waals surface area contributed by atoms with Gasteiger partial charge in [0.05, 0.1) is 6.54 Å². The van der Waals surface area contributed by atoms with Gasteiger partial charge in [-0.15, -0.1) is 6.42 Å². The Balaban J connectivity index is 1.47. The Morgan fingerprint density at radius 3 is 2.85 bits per heavy atom. The SMILES string of the molecule is C#CCN1CCC(NCc2ccc3c(c2)OCO3)CC1. The third kappa shape index (κ3) is 3.06. The number of piperidine rings is 1. The molecule has 1 saturated heterocycles. The molecule has 4 heteroatoms. The minimum Gasteiger partial charge on any atom is -0.454 e. The average Bonchev–Trinajstić information content (AvgIpc) is 2.94. The Labute approximate surface area is 120 Å². The molecule has 2 heterocycles. The maximum absolute atomic E-state index is 5.40. The molecular formula is C16H20N2O2. The summed E-state index contributed by atoms with van der Waals surface area (Å²) in [6.07, 6.45) is 7.66. The van der Waals surface area contributed by atoms with Crippen molar-refractivity contribution >= 4 is 0 Å². The third-order valence-electron chi connectivity index (χ3n) is 3.93. The summed E-state index contributed by atoms with van der Waals surface area (Å²) in [6, 6.07) is 6.71. The van der Waals surface area contributed by atoms with Crippen LogP contribution < -0.4 is 14.8 Å². The number of terminal acetylenes is 1. The quantitative estimate of drug-likeness (QED) is 0.844. The number of fused-ring (bicyclic) bond motifs is 1. The standard InChI is InChI=1S/C16H20N2O2/c1-2-7-18-8-5-14(6-9-18)17-11-13-3-4-15-16(10-13)20-12-19-15/h1,3-4,10,14,17H,5-9,11-12H2. The molecule has 0 spiro atoms. The van der Waals surface area contributed by atoms with Gasteiger partial charge >= 0.3 is 0 Å². The molecule has 106 valence electrons. The summed E-state index contributed by atoms with van der Waals surface area (Å²) < 4.78 is 10.7. The molecule has 0 aromatic heterocycles. The number of hydrogen-bond donors (Lipinski definition) is 1. The van der Waals surface area contributed by atoms with E-state index in [4.69, 9.17) is 15.9 Å². The summed E-state index contributed by atoms with van der Waals surface area (Å²) in [5.41, 5.74) is 1.24. The third-order valence-corrected chi connectivity index (χ3v) is 3.93. The van der Waals surface area contributed by atoms with Crippen molar-refractivity contribution in [2.24, 2.45) is 0 Å². The lowest BCUT2D eigenvalue weighted by molar-refractivity contribution is 0.174. The fraction of sp³-hybridized carbons (Fsp3) is 0.500. The van der Waals surface area contributed by atoms with Crippen molar-refractivity contribution < 1.29 is 9.47 Å².